The first-order valence-electron chi connectivity index (χ1n) is 12.9. The first-order valence-corrected chi connectivity index (χ1v) is 13.7. The van der Waals surface area contributed by atoms with Gasteiger partial charge < -0.3 is 23.7 Å². The molecule has 4 aromatic rings. The number of rotatable bonds is 7. The van der Waals surface area contributed by atoms with Crippen molar-refractivity contribution in [1.29, 1.82) is 0 Å². The van der Waals surface area contributed by atoms with Crippen LogP contribution in [-0.4, -0.2) is 38.2 Å². The highest BCUT2D eigenvalue weighted by Gasteiger charge is 2.36. The highest BCUT2D eigenvalue weighted by Crippen LogP contribution is 2.40. The molecule has 0 spiro atoms. The largest absolute Gasteiger partial charge is 0.497 e. The zero-order valence-corrected chi connectivity index (χ0v) is 23.4. The Labute approximate surface area is 239 Å². The van der Waals surface area contributed by atoms with E-state index in [1.54, 1.807) is 62.1 Å². The summed E-state index contributed by atoms with van der Waals surface area (Å²) in [5.74, 6) is 1.78. The summed E-state index contributed by atoms with van der Waals surface area (Å²) >= 11 is 1.23. The third-order valence-corrected chi connectivity index (χ3v) is 7.79. The minimum Gasteiger partial charge on any atom is -0.497 e. The number of carbonyl (C=O) groups excluding carboxylic acids is 1. The Bertz CT molecular complexity index is 1860. The Balaban J connectivity index is 1.65. The molecule has 0 radical (unpaired) electrons. The number of aromatic nitrogens is 1. The standard InChI is InChI=1S/C31H26N2O7S/c1-4-38-30(35)26-27(18-8-6-5-7-9-18)32-31-33(28(26)19-10-12-23-24(15-19)40-17-39-23)29(34)25(41-31)16-20-14-21(36-2)11-13-22(20)37-3/h5-16,28H,4,17H2,1-3H3/b25-16+. The minimum absolute atomic E-state index is 0.0970. The van der Waals surface area contributed by atoms with Crippen LogP contribution in [0.25, 0.3) is 11.8 Å². The van der Waals surface area contributed by atoms with Crippen molar-refractivity contribution in [3.05, 3.63) is 109 Å². The fraction of sp³-hybridized carbons (Fsp3) is 0.194. The highest BCUT2D eigenvalue weighted by molar-refractivity contribution is 7.07. The van der Waals surface area contributed by atoms with Gasteiger partial charge in [0.25, 0.3) is 5.56 Å². The molecule has 10 heteroatoms. The molecular formula is C31H26N2O7S. The number of methoxy groups -OCH3 is 2. The Morgan fingerprint density at radius 3 is 2.61 bits per heavy atom. The first-order chi connectivity index (χ1) is 20.0. The van der Waals surface area contributed by atoms with E-state index in [4.69, 9.17) is 28.7 Å². The maximum absolute atomic E-state index is 14.1. The molecule has 2 aliphatic heterocycles. The van der Waals surface area contributed by atoms with Crippen molar-refractivity contribution in [2.45, 2.75) is 13.0 Å². The van der Waals surface area contributed by atoms with Crippen LogP contribution in [0.4, 0.5) is 0 Å². The van der Waals surface area contributed by atoms with Gasteiger partial charge in [0.05, 0.1) is 42.7 Å². The second kappa shape index (κ2) is 11.0. The van der Waals surface area contributed by atoms with E-state index >= 15 is 0 Å². The smallest absolute Gasteiger partial charge is 0.338 e. The number of hydrogen-bond donors (Lipinski definition) is 0. The fourth-order valence-electron chi connectivity index (χ4n) is 4.93. The van der Waals surface area contributed by atoms with E-state index < -0.39 is 12.0 Å². The van der Waals surface area contributed by atoms with Gasteiger partial charge in [0.15, 0.2) is 16.3 Å². The molecule has 0 aliphatic carbocycles. The summed E-state index contributed by atoms with van der Waals surface area (Å²) in [6.45, 7) is 2.01. The Kier molecular flexibility index (Phi) is 7.07. The van der Waals surface area contributed by atoms with Crippen molar-refractivity contribution in [3.63, 3.8) is 0 Å². The second-order valence-corrected chi connectivity index (χ2v) is 10.2. The number of carbonyl (C=O) groups is 1. The molecule has 0 saturated carbocycles. The third kappa shape index (κ3) is 4.76. The average molecular weight is 571 g/mol. The second-order valence-electron chi connectivity index (χ2n) is 9.15. The van der Waals surface area contributed by atoms with Crippen molar-refractivity contribution < 1.29 is 28.5 Å². The van der Waals surface area contributed by atoms with Gasteiger partial charge in [-0.3, -0.25) is 9.36 Å². The van der Waals surface area contributed by atoms with Gasteiger partial charge in [-0.05, 0) is 48.9 Å². The molecule has 6 rings (SSSR count). The van der Waals surface area contributed by atoms with E-state index in [2.05, 4.69) is 0 Å². The van der Waals surface area contributed by atoms with Crippen LogP contribution in [0.5, 0.6) is 23.0 Å². The molecule has 1 unspecified atom stereocenters. The van der Waals surface area contributed by atoms with Gasteiger partial charge in [0.1, 0.15) is 11.5 Å². The molecule has 0 amide bonds. The molecule has 1 aromatic heterocycles. The summed E-state index contributed by atoms with van der Waals surface area (Å²) < 4.78 is 29.6. The summed E-state index contributed by atoms with van der Waals surface area (Å²) in [6.07, 6.45) is 1.75. The summed E-state index contributed by atoms with van der Waals surface area (Å²) in [5, 5.41) is 0. The molecule has 9 nitrogen and oxygen atoms in total. The topological polar surface area (TPSA) is 97.6 Å². The van der Waals surface area contributed by atoms with Crippen LogP contribution in [0.2, 0.25) is 0 Å². The van der Waals surface area contributed by atoms with Gasteiger partial charge in [-0.15, -0.1) is 0 Å². The van der Waals surface area contributed by atoms with Crippen molar-refractivity contribution in [1.82, 2.24) is 4.57 Å². The predicted octanol–water partition coefficient (Wildman–Crippen LogP) is 3.68. The lowest BCUT2D eigenvalue weighted by molar-refractivity contribution is -0.138. The quantitative estimate of drug-likeness (QED) is 0.313. The van der Waals surface area contributed by atoms with Crippen molar-refractivity contribution in [3.8, 4) is 23.0 Å². The Morgan fingerprint density at radius 2 is 1.85 bits per heavy atom. The number of benzene rings is 3. The van der Waals surface area contributed by atoms with Crippen LogP contribution >= 0.6 is 11.3 Å². The number of esters is 1. The van der Waals surface area contributed by atoms with E-state index in [1.807, 2.05) is 36.4 Å². The van der Waals surface area contributed by atoms with Crippen LogP contribution in [0, 0.1) is 0 Å². The van der Waals surface area contributed by atoms with Crippen LogP contribution in [0.3, 0.4) is 0 Å². The van der Waals surface area contributed by atoms with E-state index in [0.29, 0.717) is 49.2 Å². The lowest BCUT2D eigenvalue weighted by Crippen LogP contribution is -2.40. The van der Waals surface area contributed by atoms with E-state index in [9.17, 15) is 9.59 Å². The average Bonchev–Trinajstić information content (AvgIpc) is 3.60. The van der Waals surface area contributed by atoms with Crippen LogP contribution < -0.4 is 33.8 Å². The Hall–Kier alpha value is -4.83. The van der Waals surface area contributed by atoms with E-state index in [1.165, 1.54) is 11.3 Å². The zero-order chi connectivity index (χ0) is 28.5. The normalized spacial score (nSPS) is 15.8. The summed E-state index contributed by atoms with van der Waals surface area (Å²) in [6, 6.07) is 19.3. The van der Waals surface area contributed by atoms with Crippen molar-refractivity contribution in [2.24, 2.45) is 4.99 Å². The fourth-order valence-corrected chi connectivity index (χ4v) is 5.92. The number of nitrogens with zero attached hydrogens (tertiary/aromatic N) is 2. The molecule has 1 atom stereocenters. The van der Waals surface area contributed by atoms with Crippen LogP contribution in [0.1, 0.15) is 29.7 Å². The van der Waals surface area contributed by atoms with Gasteiger partial charge in [0, 0.05) is 11.1 Å². The molecular weight excluding hydrogens is 544 g/mol. The van der Waals surface area contributed by atoms with E-state index in [0.717, 1.165) is 5.56 Å². The minimum atomic E-state index is -0.829. The number of fused-ring (bicyclic) bond motifs is 2. The molecule has 0 bridgehead atoms. The van der Waals surface area contributed by atoms with Gasteiger partial charge in [0.2, 0.25) is 6.79 Å². The molecule has 3 heterocycles. The number of thiazole rings is 1. The molecule has 41 heavy (non-hydrogen) atoms. The molecule has 0 N–H and O–H groups in total. The number of hydrogen-bond acceptors (Lipinski definition) is 9. The predicted molar refractivity (Wildman–Crippen MR) is 153 cm³/mol. The van der Waals surface area contributed by atoms with Gasteiger partial charge in [-0.25, -0.2) is 9.79 Å². The summed E-state index contributed by atoms with van der Waals surface area (Å²) in [4.78, 5) is 33.1. The van der Waals surface area contributed by atoms with Crippen LogP contribution in [0.15, 0.2) is 82.1 Å². The highest BCUT2D eigenvalue weighted by atomic mass is 32.1. The monoisotopic (exact) mass is 570 g/mol. The summed E-state index contributed by atoms with van der Waals surface area (Å²) in [5.41, 5.74) is 2.45. The van der Waals surface area contributed by atoms with E-state index in [-0.39, 0.29) is 24.5 Å². The zero-order valence-electron chi connectivity index (χ0n) is 22.6. The molecule has 208 valence electrons. The lowest BCUT2D eigenvalue weighted by Gasteiger charge is -2.26. The molecule has 0 fully saturated rings. The van der Waals surface area contributed by atoms with Crippen molar-refractivity contribution >= 4 is 29.1 Å². The summed E-state index contributed by atoms with van der Waals surface area (Å²) in [7, 11) is 3.14. The maximum Gasteiger partial charge on any atom is 0.338 e. The van der Waals surface area contributed by atoms with Gasteiger partial charge >= 0.3 is 5.97 Å². The van der Waals surface area contributed by atoms with Gasteiger partial charge in [-0.1, -0.05) is 47.7 Å². The first kappa shape index (κ1) is 26.4. The molecule has 2 aliphatic rings. The number of ether oxygens (including phenoxy) is 5. The molecule has 3 aromatic carbocycles. The van der Waals surface area contributed by atoms with Crippen molar-refractivity contribution in [2.75, 3.05) is 27.6 Å². The lowest BCUT2D eigenvalue weighted by atomic mass is 9.93. The Morgan fingerprint density at radius 1 is 1.05 bits per heavy atom. The SMILES string of the molecule is CCOC(=O)C1=C(c2ccccc2)N=c2s/c(=C/c3cc(OC)ccc3OC)c(=O)n2C1c1ccc2c(c1)OCO2. The maximum atomic E-state index is 14.1. The van der Waals surface area contributed by atoms with Gasteiger partial charge in [-0.2, -0.15) is 0 Å². The molecule has 0 saturated heterocycles. The third-order valence-electron chi connectivity index (χ3n) is 6.81. The van der Waals surface area contributed by atoms with Crippen LogP contribution in [-0.2, 0) is 9.53 Å².